The molecular formula is C24H21NO5S. The van der Waals surface area contributed by atoms with Crippen molar-refractivity contribution in [2.24, 2.45) is 0 Å². The van der Waals surface area contributed by atoms with Gasteiger partial charge in [-0.2, -0.15) is 4.31 Å². The zero-order valence-electron chi connectivity index (χ0n) is 17.2. The number of hydrogen-bond acceptors (Lipinski definition) is 5. The molecule has 0 radical (unpaired) electrons. The molecule has 158 valence electrons. The lowest BCUT2D eigenvalue weighted by Crippen LogP contribution is -2.35. The summed E-state index contributed by atoms with van der Waals surface area (Å²) < 4.78 is 39.6. The van der Waals surface area contributed by atoms with Gasteiger partial charge in [0.25, 0.3) is 0 Å². The SMILES string of the molecule is COc1ccc2c3c1Oc1ccccc1C3C(=O)CN(S(=O)(=O)c1ccc(C)cc1)C2. The van der Waals surface area contributed by atoms with Crippen molar-refractivity contribution in [3.63, 3.8) is 0 Å². The molecule has 1 atom stereocenters. The van der Waals surface area contributed by atoms with Crippen LogP contribution in [-0.4, -0.2) is 32.2 Å². The summed E-state index contributed by atoms with van der Waals surface area (Å²) in [7, 11) is -2.31. The number of carbonyl (C=O) groups is 1. The van der Waals surface area contributed by atoms with Gasteiger partial charge in [0, 0.05) is 17.7 Å². The second kappa shape index (κ2) is 7.21. The molecule has 0 saturated carbocycles. The van der Waals surface area contributed by atoms with Crippen LogP contribution < -0.4 is 9.47 Å². The molecule has 2 aliphatic rings. The van der Waals surface area contributed by atoms with Crippen LogP contribution >= 0.6 is 0 Å². The first kappa shape index (κ1) is 19.8. The third kappa shape index (κ3) is 3.12. The van der Waals surface area contributed by atoms with Crippen molar-refractivity contribution in [3.05, 3.63) is 82.9 Å². The Morgan fingerprint density at radius 3 is 2.48 bits per heavy atom. The average molecular weight is 436 g/mol. The van der Waals surface area contributed by atoms with Gasteiger partial charge in [0.15, 0.2) is 17.3 Å². The second-order valence-corrected chi connectivity index (χ2v) is 9.73. The van der Waals surface area contributed by atoms with Gasteiger partial charge in [-0.05, 0) is 36.8 Å². The smallest absolute Gasteiger partial charge is 0.243 e. The Hall–Kier alpha value is -3.16. The van der Waals surface area contributed by atoms with Gasteiger partial charge in [-0.3, -0.25) is 4.79 Å². The minimum Gasteiger partial charge on any atom is -0.493 e. The molecular weight excluding hydrogens is 414 g/mol. The summed E-state index contributed by atoms with van der Waals surface area (Å²) in [6.07, 6.45) is 0. The number of para-hydroxylation sites is 1. The van der Waals surface area contributed by atoms with E-state index in [-0.39, 0.29) is 23.8 Å². The molecule has 0 aromatic heterocycles. The van der Waals surface area contributed by atoms with Gasteiger partial charge in [0.05, 0.1) is 24.5 Å². The van der Waals surface area contributed by atoms with Crippen LogP contribution in [0.2, 0.25) is 0 Å². The van der Waals surface area contributed by atoms with E-state index in [2.05, 4.69) is 0 Å². The number of rotatable bonds is 3. The van der Waals surface area contributed by atoms with Gasteiger partial charge in [0.1, 0.15) is 5.75 Å². The van der Waals surface area contributed by atoms with Gasteiger partial charge < -0.3 is 9.47 Å². The Kier molecular flexibility index (Phi) is 4.60. The van der Waals surface area contributed by atoms with E-state index >= 15 is 0 Å². The Morgan fingerprint density at radius 1 is 1.00 bits per heavy atom. The zero-order valence-corrected chi connectivity index (χ0v) is 18.0. The van der Waals surface area contributed by atoms with Crippen molar-refractivity contribution in [2.75, 3.05) is 13.7 Å². The van der Waals surface area contributed by atoms with Crippen LogP contribution in [-0.2, 0) is 21.4 Å². The fourth-order valence-corrected chi connectivity index (χ4v) is 5.68. The molecule has 31 heavy (non-hydrogen) atoms. The number of nitrogens with zero attached hydrogens (tertiary/aromatic N) is 1. The number of ketones is 1. The minimum absolute atomic E-state index is 0.0797. The van der Waals surface area contributed by atoms with E-state index in [1.165, 1.54) is 4.31 Å². The summed E-state index contributed by atoms with van der Waals surface area (Å²) in [5.74, 6) is 0.772. The molecule has 1 unspecified atom stereocenters. The summed E-state index contributed by atoms with van der Waals surface area (Å²) in [4.78, 5) is 13.7. The predicted molar refractivity (Wildman–Crippen MR) is 115 cm³/mol. The summed E-state index contributed by atoms with van der Waals surface area (Å²) >= 11 is 0. The molecule has 0 aliphatic carbocycles. The van der Waals surface area contributed by atoms with Gasteiger partial charge >= 0.3 is 0 Å². The lowest BCUT2D eigenvalue weighted by atomic mass is 9.83. The summed E-state index contributed by atoms with van der Waals surface area (Å²) in [5.41, 5.74) is 3.12. The van der Waals surface area contributed by atoms with E-state index in [0.29, 0.717) is 22.8 Å². The third-order valence-electron chi connectivity index (χ3n) is 5.86. The molecule has 0 N–H and O–H groups in total. The van der Waals surface area contributed by atoms with E-state index in [0.717, 1.165) is 16.7 Å². The number of hydrogen-bond donors (Lipinski definition) is 0. The molecule has 7 heteroatoms. The number of fused-ring (bicyclic) bond motifs is 2. The maximum absolute atomic E-state index is 13.5. The molecule has 2 aliphatic heterocycles. The lowest BCUT2D eigenvalue weighted by Gasteiger charge is -2.28. The van der Waals surface area contributed by atoms with E-state index in [1.807, 2.05) is 37.3 Å². The summed E-state index contributed by atoms with van der Waals surface area (Å²) in [5, 5.41) is 0. The van der Waals surface area contributed by atoms with Crippen LogP contribution in [0.15, 0.2) is 65.6 Å². The van der Waals surface area contributed by atoms with Crippen molar-refractivity contribution in [1.29, 1.82) is 0 Å². The highest BCUT2D eigenvalue weighted by atomic mass is 32.2. The van der Waals surface area contributed by atoms with Crippen molar-refractivity contribution < 1.29 is 22.7 Å². The normalized spacial score (nSPS) is 17.9. The number of sulfonamides is 1. The van der Waals surface area contributed by atoms with Crippen molar-refractivity contribution in [3.8, 4) is 17.2 Å². The van der Waals surface area contributed by atoms with Crippen molar-refractivity contribution >= 4 is 15.8 Å². The van der Waals surface area contributed by atoms with Crippen LogP contribution in [0.25, 0.3) is 0 Å². The summed E-state index contributed by atoms with van der Waals surface area (Å²) in [6.45, 7) is 1.76. The van der Waals surface area contributed by atoms with Crippen LogP contribution in [0.3, 0.4) is 0 Å². The number of benzene rings is 3. The number of Topliss-reactive ketones (excluding diaryl/α,β-unsaturated/α-hetero) is 1. The lowest BCUT2D eigenvalue weighted by molar-refractivity contribution is -0.119. The highest BCUT2D eigenvalue weighted by Gasteiger charge is 2.41. The predicted octanol–water partition coefficient (Wildman–Crippen LogP) is 4.01. The number of ether oxygens (including phenoxy) is 2. The first-order valence-electron chi connectivity index (χ1n) is 9.96. The van der Waals surface area contributed by atoms with Crippen molar-refractivity contribution in [1.82, 2.24) is 4.31 Å². The standard InChI is InChI=1S/C24H21NO5S/c1-15-7-10-17(11-8-15)31(27,28)25-13-16-9-12-21(29-2)24-22(16)23(19(26)14-25)18-5-3-4-6-20(18)30-24/h3-12,23H,13-14H2,1-2H3. The largest absolute Gasteiger partial charge is 0.493 e. The van der Waals surface area contributed by atoms with E-state index in [9.17, 15) is 13.2 Å². The Balaban J connectivity index is 1.67. The Morgan fingerprint density at radius 2 is 1.74 bits per heavy atom. The monoisotopic (exact) mass is 435 g/mol. The first-order chi connectivity index (χ1) is 14.9. The quantitative estimate of drug-likeness (QED) is 0.621. The molecule has 0 amide bonds. The molecule has 5 rings (SSSR count). The van der Waals surface area contributed by atoms with Gasteiger partial charge in [-0.25, -0.2) is 8.42 Å². The molecule has 3 aromatic rings. The number of aryl methyl sites for hydroxylation is 1. The Labute approximate surface area is 181 Å². The van der Waals surface area contributed by atoms with E-state index in [1.54, 1.807) is 37.4 Å². The van der Waals surface area contributed by atoms with Crippen LogP contribution in [0.4, 0.5) is 0 Å². The molecule has 0 saturated heterocycles. The van der Waals surface area contributed by atoms with Crippen molar-refractivity contribution in [2.45, 2.75) is 24.3 Å². The molecule has 0 spiro atoms. The first-order valence-corrected chi connectivity index (χ1v) is 11.4. The number of methoxy groups -OCH3 is 1. The fourth-order valence-electron chi connectivity index (χ4n) is 4.29. The topological polar surface area (TPSA) is 72.9 Å². The zero-order chi connectivity index (χ0) is 21.8. The van der Waals surface area contributed by atoms with Gasteiger partial charge in [-0.15, -0.1) is 0 Å². The highest BCUT2D eigenvalue weighted by Crippen LogP contribution is 2.51. The number of carbonyl (C=O) groups excluding carboxylic acids is 1. The maximum Gasteiger partial charge on any atom is 0.243 e. The van der Waals surface area contributed by atoms with Crippen LogP contribution in [0.5, 0.6) is 17.2 Å². The molecule has 0 fully saturated rings. The third-order valence-corrected chi connectivity index (χ3v) is 7.67. The second-order valence-electron chi connectivity index (χ2n) is 7.80. The van der Waals surface area contributed by atoms with E-state index in [4.69, 9.17) is 9.47 Å². The average Bonchev–Trinajstić information content (AvgIpc) is 2.92. The van der Waals surface area contributed by atoms with Gasteiger partial charge in [0.2, 0.25) is 10.0 Å². The van der Waals surface area contributed by atoms with E-state index < -0.39 is 15.9 Å². The molecule has 0 bridgehead atoms. The van der Waals surface area contributed by atoms with Crippen LogP contribution in [0.1, 0.15) is 28.2 Å². The minimum atomic E-state index is -3.85. The highest BCUT2D eigenvalue weighted by molar-refractivity contribution is 7.89. The van der Waals surface area contributed by atoms with Gasteiger partial charge in [-0.1, -0.05) is 42.0 Å². The Bertz CT molecular complexity index is 1300. The van der Waals surface area contributed by atoms with Crippen LogP contribution in [0, 0.1) is 6.92 Å². The summed E-state index contributed by atoms with van der Waals surface area (Å²) in [6, 6.07) is 17.6. The fraction of sp³-hybridized carbons (Fsp3) is 0.208. The molecule has 6 nitrogen and oxygen atoms in total. The molecule has 2 heterocycles. The molecule has 3 aromatic carbocycles. The maximum atomic E-state index is 13.5.